The number of carbonyl (C=O) groups excluding carboxylic acids is 1. The van der Waals surface area contributed by atoms with Gasteiger partial charge >= 0.3 is 6.09 Å². The summed E-state index contributed by atoms with van der Waals surface area (Å²) < 4.78 is 11.5. The number of nitrogens with one attached hydrogen (secondary N) is 1. The Balaban J connectivity index is 2.00. The monoisotopic (exact) mass is 358 g/mol. The van der Waals surface area contributed by atoms with E-state index in [0.29, 0.717) is 13.2 Å². The van der Waals surface area contributed by atoms with Gasteiger partial charge in [0.15, 0.2) is 0 Å². The number of pyridine rings is 1. The van der Waals surface area contributed by atoms with Crippen LogP contribution in [0.2, 0.25) is 0 Å². The molecule has 0 aliphatic heterocycles. The Morgan fingerprint density at radius 1 is 1.29 bits per heavy atom. The molecule has 0 bridgehead atoms. The summed E-state index contributed by atoms with van der Waals surface area (Å²) in [6.07, 6.45) is 4.15. The summed E-state index contributed by atoms with van der Waals surface area (Å²) >= 11 is 3.27. The van der Waals surface area contributed by atoms with E-state index in [-0.39, 0.29) is 6.09 Å². The van der Waals surface area contributed by atoms with Gasteiger partial charge in [-0.05, 0) is 68.1 Å². The fourth-order valence-electron chi connectivity index (χ4n) is 1.55. The van der Waals surface area contributed by atoms with Crippen molar-refractivity contribution in [1.82, 2.24) is 10.3 Å². The normalized spacial score (nSPS) is 11.0. The number of ether oxygens (including phenoxy) is 2. The highest BCUT2D eigenvalue weighted by molar-refractivity contribution is 9.10. The topological polar surface area (TPSA) is 60.5 Å². The highest BCUT2D eigenvalue weighted by Gasteiger charge is 2.15. The minimum atomic E-state index is -0.448. The molecule has 0 spiro atoms. The van der Waals surface area contributed by atoms with E-state index in [4.69, 9.17) is 9.47 Å². The number of unbranched alkanes of at least 4 members (excludes halogenated alkanes) is 2. The molecule has 0 fully saturated rings. The predicted molar refractivity (Wildman–Crippen MR) is 85.5 cm³/mol. The molecular formula is C15H23BrN2O3. The molecule has 118 valence electrons. The van der Waals surface area contributed by atoms with Gasteiger partial charge in [-0.15, -0.1) is 0 Å². The molecule has 6 heteroatoms. The summed E-state index contributed by atoms with van der Waals surface area (Å²) in [4.78, 5) is 15.5. The molecule has 1 amide bonds. The molecule has 21 heavy (non-hydrogen) atoms. The Hall–Kier alpha value is -1.30. The van der Waals surface area contributed by atoms with E-state index >= 15 is 0 Å². The summed E-state index contributed by atoms with van der Waals surface area (Å²) in [6.45, 7) is 6.81. The summed E-state index contributed by atoms with van der Waals surface area (Å²) in [5.74, 6) is 0.769. The molecule has 1 aromatic rings. The predicted octanol–water partition coefficient (Wildman–Crippen LogP) is 3.92. The Labute approximate surface area is 134 Å². The molecule has 1 rings (SSSR count). The number of rotatable bonds is 7. The first kappa shape index (κ1) is 17.8. The van der Waals surface area contributed by atoms with Crippen molar-refractivity contribution in [3.63, 3.8) is 0 Å². The third-order valence-electron chi connectivity index (χ3n) is 2.46. The number of amides is 1. The fourth-order valence-corrected chi connectivity index (χ4v) is 1.78. The van der Waals surface area contributed by atoms with Gasteiger partial charge in [0.2, 0.25) is 0 Å². The largest absolute Gasteiger partial charge is 0.492 e. The minimum absolute atomic E-state index is 0.361. The van der Waals surface area contributed by atoms with Gasteiger partial charge in [0.25, 0.3) is 0 Å². The minimum Gasteiger partial charge on any atom is -0.492 e. The molecule has 1 aromatic heterocycles. The quantitative estimate of drug-likeness (QED) is 0.592. The molecule has 0 aromatic carbocycles. The maximum Gasteiger partial charge on any atom is 0.407 e. The van der Waals surface area contributed by atoms with E-state index in [2.05, 4.69) is 26.2 Å². The molecule has 1 heterocycles. The summed E-state index contributed by atoms with van der Waals surface area (Å²) in [7, 11) is 0. The van der Waals surface area contributed by atoms with Crippen LogP contribution in [0.4, 0.5) is 4.79 Å². The van der Waals surface area contributed by atoms with Crippen LogP contribution >= 0.6 is 15.9 Å². The second-order valence-corrected chi connectivity index (χ2v) is 6.47. The number of nitrogens with zero attached hydrogens (tertiary/aromatic N) is 1. The van der Waals surface area contributed by atoms with Crippen molar-refractivity contribution in [3.8, 4) is 5.75 Å². The second kappa shape index (κ2) is 8.87. The van der Waals surface area contributed by atoms with Crippen molar-refractivity contribution >= 4 is 22.0 Å². The van der Waals surface area contributed by atoms with Crippen LogP contribution < -0.4 is 10.1 Å². The maximum absolute atomic E-state index is 11.4. The van der Waals surface area contributed by atoms with Crippen LogP contribution in [0.15, 0.2) is 22.9 Å². The number of alkyl carbamates (subject to hydrolysis) is 1. The number of hydrogen-bond donors (Lipinski definition) is 1. The van der Waals surface area contributed by atoms with E-state index in [1.54, 1.807) is 6.20 Å². The summed E-state index contributed by atoms with van der Waals surface area (Å²) in [5.41, 5.74) is -0.448. The van der Waals surface area contributed by atoms with Gasteiger partial charge < -0.3 is 14.8 Å². The number of aromatic nitrogens is 1. The smallest absolute Gasteiger partial charge is 0.407 e. The Bertz CT molecular complexity index is 430. The Morgan fingerprint density at radius 3 is 2.67 bits per heavy atom. The molecule has 1 N–H and O–H groups in total. The van der Waals surface area contributed by atoms with Crippen molar-refractivity contribution < 1.29 is 14.3 Å². The molecule has 0 aliphatic carbocycles. The fraction of sp³-hybridized carbons (Fsp3) is 0.600. The van der Waals surface area contributed by atoms with Crippen LogP contribution in [0.3, 0.4) is 0 Å². The van der Waals surface area contributed by atoms with Crippen LogP contribution in [-0.4, -0.2) is 29.8 Å². The molecule has 0 unspecified atom stereocenters. The number of hydrogen-bond acceptors (Lipinski definition) is 4. The van der Waals surface area contributed by atoms with Crippen LogP contribution in [-0.2, 0) is 4.74 Å². The zero-order valence-corrected chi connectivity index (χ0v) is 14.4. The van der Waals surface area contributed by atoms with E-state index in [9.17, 15) is 4.79 Å². The molecule has 0 atom stereocenters. The van der Waals surface area contributed by atoms with Crippen LogP contribution in [0.25, 0.3) is 0 Å². The van der Waals surface area contributed by atoms with Gasteiger partial charge in [-0.1, -0.05) is 0 Å². The molecular weight excluding hydrogens is 336 g/mol. The summed E-state index contributed by atoms with van der Waals surface area (Å²) in [6, 6.07) is 3.72. The van der Waals surface area contributed by atoms with E-state index in [1.807, 2.05) is 32.9 Å². The van der Waals surface area contributed by atoms with Gasteiger partial charge in [0, 0.05) is 6.54 Å². The van der Waals surface area contributed by atoms with E-state index < -0.39 is 5.60 Å². The van der Waals surface area contributed by atoms with Gasteiger partial charge in [-0.3, -0.25) is 0 Å². The SMILES string of the molecule is CC(C)(C)OC(=O)NCCCCCOc1ccc(Br)nc1. The standard InChI is InChI=1S/C15H23BrN2O3/c1-15(2,3)21-14(19)17-9-5-4-6-10-20-12-7-8-13(16)18-11-12/h7-8,11H,4-6,9-10H2,1-3H3,(H,17,19). The van der Waals surface area contributed by atoms with E-state index in [0.717, 1.165) is 29.6 Å². The van der Waals surface area contributed by atoms with Crippen LogP contribution in [0.5, 0.6) is 5.75 Å². The molecule has 0 saturated carbocycles. The van der Waals surface area contributed by atoms with Crippen molar-refractivity contribution in [2.45, 2.75) is 45.6 Å². The Kier molecular flexibility index (Phi) is 7.50. The second-order valence-electron chi connectivity index (χ2n) is 5.65. The average molecular weight is 359 g/mol. The first-order valence-electron chi connectivity index (χ1n) is 7.08. The van der Waals surface area contributed by atoms with Crippen molar-refractivity contribution in [2.24, 2.45) is 0 Å². The highest BCUT2D eigenvalue weighted by Crippen LogP contribution is 2.13. The van der Waals surface area contributed by atoms with Gasteiger partial charge in [0.1, 0.15) is 16.0 Å². The number of carbonyl (C=O) groups is 1. The molecule has 0 aliphatic rings. The van der Waals surface area contributed by atoms with Gasteiger partial charge in [0.05, 0.1) is 12.8 Å². The zero-order chi connectivity index (χ0) is 15.7. The first-order valence-corrected chi connectivity index (χ1v) is 7.87. The third kappa shape index (κ3) is 9.28. The lowest BCUT2D eigenvalue weighted by molar-refractivity contribution is 0.0527. The number of halogens is 1. The van der Waals surface area contributed by atoms with Gasteiger partial charge in [-0.25, -0.2) is 9.78 Å². The zero-order valence-electron chi connectivity index (χ0n) is 12.8. The van der Waals surface area contributed by atoms with Crippen molar-refractivity contribution in [2.75, 3.05) is 13.2 Å². The lowest BCUT2D eigenvalue weighted by Crippen LogP contribution is -2.33. The Morgan fingerprint density at radius 2 is 2.05 bits per heavy atom. The lowest BCUT2D eigenvalue weighted by atomic mass is 10.2. The van der Waals surface area contributed by atoms with Gasteiger partial charge in [-0.2, -0.15) is 0 Å². The average Bonchev–Trinajstić information content (AvgIpc) is 2.37. The van der Waals surface area contributed by atoms with Crippen molar-refractivity contribution in [3.05, 3.63) is 22.9 Å². The molecule has 0 radical (unpaired) electrons. The third-order valence-corrected chi connectivity index (χ3v) is 2.93. The maximum atomic E-state index is 11.4. The van der Waals surface area contributed by atoms with Crippen molar-refractivity contribution in [1.29, 1.82) is 0 Å². The highest BCUT2D eigenvalue weighted by atomic mass is 79.9. The molecule has 5 nitrogen and oxygen atoms in total. The van der Waals surface area contributed by atoms with Crippen LogP contribution in [0, 0.1) is 0 Å². The summed E-state index contributed by atoms with van der Waals surface area (Å²) in [5, 5.41) is 2.74. The first-order chi connectivity index (χ1) is 9.87. The molecule has 0 saturated heterocycles. The van der Waals surface area contributed by atoms with Crippen LogP contribution in [0.1, 0.15) is 40.0 Å². The lowest BCUT2D eigenvalue weighted by Gasteiger charge is -2.19. The van der Waals surface area contributed by atoms with E-state index in [1.165, 1.54) is 0 Å².